The van der Waals surface area contributed by atoms with E-state index < -0.39 is 5.41 Å². The average Bonchev–Trinajstić information content (AvgIpc) is 3.19. The first-order valence-electron chi connectivity index (χ1n) is 8.72. The summed E-state index contributed by atoms with van der Waals surface area (Å²) in [5, 5.41) is 13.6. The van der Waals surface area contributed by atoms with Gasteiger partial charge in [-0.3, -0.25) is 0 Å². The maximum Gasteiger partial charge on any atom is 0.123 e. The van der Waals surface area contributed by atoms with Crippen LogP contribution in [0.25, 0.3) is 0 Å². The molecule has 0 aliphatic carbocycles. The van der Waals surface area contributed by atoms with Gasteiger partial charge in [-0.25, -0.2) is 9.37 Å². The topological polar surface area (TPSA) is 50.1 Å². The van der Waals surface area contributed by atoms with Crippen LogP contribution in [0.1, 0.15) is 24.1 Å². The van der Waals surface area contributed by atoms with Crippen LogP contribution in [-0.2, 0) is 12.0 Å². The van der Waals surface area contributed by atoms with Gasteiger partial charge in [-0.1, -0.05) is 49.4 Å². The lowest BCUT2D eigenvalue weighted by Crippen LogP contribution is -2.41. The Morgan fingerprint density at radius 3 is 2.50 bits per heavy atom. The molecule has 0 spiro atoms. The number of benzene rings is 2. The lowest BCUT2D eigenvalue weighted by atomic mass is 9.83. The molecule has 0 bridgehead atoms. The molecule has 1 aromatic heterocycles. The smallest absolute Gasteiger partial charge is 0.123 e. The number of hydrogen-bond acceptors (Lipinski definition) is 3. The Morgan fingerprint density at radius 2 is 1.88 bits per heavy atom. The van der Waals surface area contributed by atoms with E-state index in [1.54, 1.807) is 24.7 Å². The minimum Gasteiger partial charge on any atom is -0.395 e. The quantitative estimate of drug-likeness (QED) is 0.653. The maximum atomic E-state index is 13.3. The minimum absolute atomic E-state index is 0.0283. The molecule has 0 aliphatic heterocycles. The van der Waals surface area contributed by atoms with Crippen LogP contribution in [0.2, 0.25) is 0 Å². The Labute approximate surface area is 153 Å². The number of nitrogens with one attached hydrogen (secondary N) is 1. The average molecular weight is 353 g/mol. The number of aliphatic hydroxyl groups excluding tert-OH is 1. The lowest BCUT2D eigenvalue weighted by molar-refractivity contribution is 0.196. The third-order valence-corrected chi connectivity index (χ3v) is 4.78. The molecule has 0 aliphatic rings. The molecular formula is C21H24FN3O. The number of aliphatic hydroxyl groups is 1. The first kappa shape index (κ1) is 18.3. The van der Waals surface area contributed by atoms with E-state index in [-0.39, 0.29) is 18.5 Å². The molecule has 2 unspecified atom stereocenters. The van der Waals surface area contributed by atoms with Crippen LogP contribution in [0, 0.1) is 5.82 Å². The van der Waals surface area contributed by atoms with E-state index in [9.17, 15) is 9.50 Å². The summed E-state index contributed by atoms with van der Waals surface area (Å²) in [7, 11) is 0. The van der Waals surface area contributed by atoms with Crippen molar-refractivity contribution in [2.75, 3.05) is 13.2 Å². The van der Waals surface area contributed by atoms with Gasteiger partial charge in [0.1, 0.15) is 5.82 Å². The lowest BCUT2D eigenvalue weighted by Gasteiger charge is -2.31. The Bertz CT molecular complexity index is 790. The Morgan fingerprint density at radius 1 is 1.15 bits per heavy atom. The molecule has 2 aromatic carbocycles. The zero-order valence-corrected chi connectivity index (χ0v) is 14.8. The van der Waals surface area contributed by atoms with Crippen LogP contribution >= 0.6 is 0 Å². The maximum absolute atomic E-state index is 13.3. The zero-order valence-electron chi connectivity index (χ0n) is 14.8. The molecule has 0 fully saturated rings. The van der Waals surface area contributed by atoms with Crippen LogP contribution in [0.3, 0.4) is 0 Å². The van der Waals surface area contributed by atoms with Gasteiger partial charge in [-0.05, 0) is 23.3 Å². The molecule has 0 radical (unpaired) electrons. The standard InChI is InChI=1S/C21H24FN3O/c1-21(15-26,18-5-3-2-4-6-18)14-24-20(13-25-12-11-23-16-25)17-7-9-19(22)10-8-17/h2-12,16,20,24,26H,13-15H2,1H3. The predicted molar refractivity (Wildman–Crippen MR) is 100 cm³/mol. The van der Waals surface area contributed by atoms with Crippen molar-refractivity contribution in [3.05, 3.63) is 90.3 Å². The summed E-state index contributed by atoms with van der Waals surface area (Å²) in [6, 6.07) is 16.5. The van der Waals surface area contributed by atoms with Crippen molar-refractivity contribution in [2.24, 2.45) is 0 Å². The van der Waals surface area contributed by atoms with Gasteiger partial charge in [-0.2, -0.15) is 0 Å². The fourth-order valence-electron chi connectivity index (χ4n) is 3.03. The summed E-state index contributed by atoms with van der Waals surface area (Å²) in [6.45, 7) is 3.33. The molecule has 2 N–H and O–H groups in total. The minimum atomic E-state index is -0.408. The summed E-state index contributed by atoms with van der Waals surface area (Å²) in [6.07, 6.45) is 5.41. The molecule has 0 amide bonds. The summed E-state index contributed by atoms with van der Waals surface area (Å²) in [5.74, 6) is -0.250. The van der Waals surface area contributed by atoms with E-state index in [0.717, 1.165) is 11.1 Å². The molecule has 5 heteroatoms. The highest BCUT2D eigenvalue weighted by Gasteiger charge is 2.27. The summed E-state index contributed by atoms with van der Waals surface area (Å²) >= 11 is 0. The van der Waals surface area contributed by atoms with Crippen LogP contribution < -0.4 is 5.32 Å². The number of nitrogens with zero attached hydrogens (tertiary/aromatic N) is 2. The van der Waals surface area contributed by atoms with Crippen molar-refractivity contribution >= 4 is 0 Å². The molecule has 4 nitrogen and oxygen atoms in total. The van der Waals surface area contributed by atoms with Crippen molar-refractivity contribution in [2.45, 2.75) is 24.9 Å². The Hall–Kier alpha value is -2.50. The van der Waals surface area contributed by atoms with E-state index in [2.05, 4.69) is 10.3 Å². The summed E-state index contributed by atoms with van der Waals surface area (Å²) in [5.41, 5.74) is 1.66. The number of halogens is 1. The summed E-state index contributed by atoms with van der Waals surface area (Å²) < 4.78 is 15.3. The van der Waals surface area contributed by atoms with Gasteiger partial charge in [0.15, 0.2) is 0 Å². The highest BCUT2D eigenvalue weighted by molar-refractivity contribution is 5.26. The van der Waals surface area contributed by atoms with Gasteiger partial charge in [0, 0.05) is 30.9 Å². The van der Waals surface area contributed by atoms with Crippen LogP contribution in [-0.4, -0.2) is 27.8 Å². The van der Waals surface area contributed by atoms with Crippen LogP contribution in [0.5, 0.6) is 0 Å². The van der Waals surface area contributed by atoms with E-state index in [1.807, 2.05) is 48.0 Å². The second-order valence-corrected chi connectivity index (χ2v) is 6.83. The van der Waals surface area contributed by atoms with Crippen molar-refractivity contribution < 1.29 is 9.50 Å². The third-order valence-electron chi connectivity index (χ3n) is 4.78. The molecule has 3 rings (SSSR count). The number of aromatic nitrogens is 2. The molecule has 3 aromatic rings. The monoisotopic (exact) mass is 353 g/mol. The first-order valence-corrected chi connectivity index (χ1v) is 8.72. The van der Waals surface area contributed by atoms with Crippen molar-refractivity contribution in [3.8, 4) is 0 Å². The van der Waals surface area contributed by atoms with Gasteiger partial charge < -0.3 is 15.0 Å². The van der Waals surface area contributed by atoms with Gasteiger partial charge in [0.2, 0.25) is 0 Å². The van der Waals surface area contributed by atoms with E-state index in [0.29, 0.717) is 13.1 Å². The molecule has 0 saturated heterocycles. The van der Waals surface area contributed by atoms with Crippen LogP contribution in [0.4, 0.5) is 4.39 Å². The highest BCUT2D eigenvalue weighted by atomic mass is 19.1. The Balaban J connectivity index is 1.79. The van der Waals surface area contributed by atoms with Gasteiger partial charge >= 0.3 is 0 Å². The van der Waals surface area contributed by atoms with Gasteiger partial charge in [-0.15, -0.1) is 0 Å². The molecule has 2 atom stereocenters. The second kappa shape index (κ2) is 8.25. The van der Waals surface area contributed by atoms with Gasteiger partial charge in [0.05, 0.1) is 19.0 Å². The fourth-order valence-corrected chi connectivity index (χ4v) is 3.03. The van der Waals surface area contributed by atoms with Crippen molar-refractivity contribution in [1.82, 2.24) is 14.9 Å². The number of imidazole rings is 1. The number of rotatable bonds is 8. The predicted octanol–water partition coefficient (Wildman–Crippen LogP) is 3.30. The first-order chi connectivity index (χ1) is 12.6. The Kier molecular flexibility index (Phi) is 5.81. The molecule has 26 heavy (non-hydrogen) atoms. The second-order valence-electron chi connectivity index (χ2n) is 6.83. The SMILES string of the molecule is CC(CO)(CNC(Cn1ccnc1)c1ccc(F)cc1)c1ccccc1. The molecule has 1 heterocycles. The molecule has 136 valence electrons. The third kappa shape index (κ3) is 4.36. The normalized spacial score (nSPS) is 14.7. The zero-order chi connectivity index (χ0) is 18.4. The molecule has 0 saturated carbocycles. The van der Waals surface area contributed by atoms with Crippen molar-refractivity contribution in [3.63, 3.8) is 0 Å². The number of hydrogen-bond donors (Lipinski definition) is 2. The van der Waals surface area contributed by atoms with Crippen LogP contribution in [0.15, 0.2) is 73.3 Å². The largest absolute Gasteiger partial charge is 0.395 e. The van der Waals surface area contributed by atoms with Crippen molar-refractivity contribution in [1.29, 1.82) is 0 Å². The summed E-state index contributed by atoms with van der Waals surface area (Å²) in [4.78, 5) is 4.09. The highest BCUT2D eigenvalue weighted by Crippen LogP contribution is 2.24. The van der Waals surface area contributed by atoms with Gasteiger partial charge in [0.25, 0.3) is 0 Å². The van der Waals surface area contributed by atoms with E-state index in [1.165, 1.54) is 12.1 Å². The molecular weight excluding hydrogens is 329 g/mol. The van der Waals surface area contributed by atoms with E-state index >= 15 is 0 Å². The fraction of sp³-hybridized carbons (Fsp3) is 0.286. The van der Waals surface area contributed by atoms with E-state index in [4.69, 9.17) is 0 Å².